The summed E-state index contributed by atoms with van der Waals surface area (Å²) in [6, 6.07) is 25.3. The van der Waals surface area contributed by atoms with Crippen LogP contribution in [0.3, 0.4) is 0 Å². The fourth-order valence-electron chi connectivity index (χ4n) is 2.29. The van der Waals surface area contributed by atoms with Gasteiger partial charge >= 0.3 is 0 Å². The van der Waals surface area contributed by atoms with Crippen LogP contribution in [0.1, 0.15) is 0 Å². The van der Waals surface area contributed by atoms with Crippen LogP contribution < -0.4 is 10.6 Å². The summed E-state index contributed by atoms with van der Waals surface area (Å²) in [5, 5.41) is 5.07. The minimum Gasteiger partial charge on any atom is -0.353 e. The van der Waals surface area contributed by atoms with Crippen LogP contribution in [0.5, 0.6) is 0 Å². The highest BCUT2D eigenvalue weighted by Gasteiger charge is 2.15. The van der Waals surface area contributed by atoms with Gasteiger partial charge in [0.15, 0.2) is 0 Å². The lowest BCUT2D eigenvalue weighted by molar-refractivity contribution is 0.474. The van der Waals surface area contributed by atoms with Crippen LogP contribution in [0.4, 0.5) is 0 Å². The minimum absolute atomic E-state index is 0.748. The zero-order chi connectivity index (χ0) is 13.1. The molecular weight excluding hydrogens is 251 g/mol. The Morgan fingerprint density at radius 2 is 1.42 bits per heavy atom. The van der Waals surface area contributed by atoms with Crippen molar-refractivity contribution >= 4 is 29.5 Å². The Hall–Kier alpha value is -1.69. The first kappa shape index (κ1) is 12.3. The van der Waals surface area contributed by atoms with E-state index in [-0.39, 0.29) is 0 Å². The van der Waals surface area contributed by atoms with Crippen molar-refractivity contribution in [1.82, 2.24) is 0 Å². The average Bonchev–Trinajstić information content (AvgIpc) is 2.49. The highest BCUT2D eigenvalue weighted by atomic mass is 31.1. The summed E-state index contributed by atoms with van der Waals surface area (Å²) in [5.41, 5.74) is 0. The zero-order valence-electron chi connectivity index (χ0n) is 10.8. The Balaban J connectivity index is 2.17. The van der Waals surface area contributed by atoms with Crippen molar-refractivity contribution in [3.05, 3.63) is 72.8 Å². The second-order valence-electron chi connectivity index (χ2n) is 4.31. The maximum Gasteiger partial charge on any atom is 0.0919 e. The summed E-state index contributed by atoms with van der Waals surface area (Å²) in [4.78, 5) is 0. The Kier molecular flexibility index (Phi) is 3.59. The molecule has 0 amide bonds. The number of rotatable bonds is 3. The topological polar surface area (TPSA) is 9.23 Å². The fraction of sp³-hybridized carbons (Fsp3) is 0.0588. The lowest BCUT2D eigenvalue weighted by atomic mass is 10.1. The highest BCUT2D eigenvalue weighted by molar-refractivity contribution is 7.69. The highest BCUT2D eigenvalue weighted by Crippen LogP contribution is 2.36. The van der Waals surface area contributed by atoms with Gasteiger partial charge in [-0.3, -0.25) is 0 Å². The van der Waals surface area contributed by atoms with E-state index >= 15 is 0 Å². The van der Waals surface area contributed by atoms with E-state index in [1.54, 1.807) is 7.11 Å². The second kappa shape index (κ2) is 5.52. The molecule has 0 N–H and O–H groups in total. The molecule has 1 nitrogen and oxygen atoms in total. The molecule has 19 heavy (non-hydrogen) atoms. The maximum atomic E-state index is 5.80. The Morgan fingerprint density at radius 1 is 0.737 bits per heavy atom. The van der Waals surface area contributed by atoms with Crippen LogP contribution in [-0.2, 0) is 4.52 Å². The Bertz CT molecular complexity index is 674. The van der Waals surface area contributed by atoms with E-state index in [1.165, 1.54) is 21.4 Å². The van der Waals surface area contributed by atoms with Gasteiger partial charge in [-0.1, -0.05) is 72.8 Å². The summed E-state index contributed by atoms with van der Waals surface area (Å²) >= 11 is 0. The van der Waals surface area contributed by atoms with Gasteiger partial charge in [-0.25, -0.2) is 0 Å². The molecule has 0 aromatic heterocycles. The van der Waals surface area contributed by atoms with Crippen LogP contribution in [-0.4, -0.2) is 7.11 Å². The fourth-order valence-corrected chi connectivity index (χ4v) is 4.06. The minimum atomic E-state index is -0.748. The number of hydrogen-bond acceptors (Lipinski definition) is 1. The zero-order valence-corrected chi connectivity index (χ0v) is 11.7. The molecule has 0 fully saturated rings. The summed E-state index contributed by atoms with van der Waals surface area (Å²) in [6.07, 6.45) is 0. The largest absolute Gasteiger partial charge is 0.353 e. The molecule has 0 aliphatic carbocycles. The monoisotopic (exact) mass is 266 g/mol. The maximum absolute atomic E-state index is 5.80. The summed E-state index contributed by atoms with van der Waals surface area (Å²) in [5.74, 6) is 0. The molecule has 0 aliphatic heterocycles. The van der Waals surface area contributed by atoms with E-state index in [2.05, 4.69) is 66.7 Å². The van der Waals surface area contributed by atoms with Crippen molar-refractivity contribution in [3.8, 4) is 0 Å². The SMILES string of the molecule is COP(c1ccccc1)c1cccc2ccccc12. The quantitative estimate of drug-likeness (QED) is 0.655. The molecule has 2 heteroatoms. The van der Waals surface area contributed by atoms with Crippen molar-refractivity contribution < 1.29 is 4.52 Å². The van der Waals surface area contributed by atoms with E-state index in [1.807, 2.05) is 6.07 Å². The first-order valence-corrected chi connectivity index (χ1v) is 7.53. The standard InChI is InChI=1S/C17H15OP/c1-18-19(15-10-3-2-4-11-15)17-13-7-9-14-8-5-6-12-16(14)17/h2-13H,1H3. The molecule has 3 rings (SSSR count). The van der Waals surface area contributed by atoms with Gasteiger partial charge in [0.25, 0.3) is 0 Å². The Labute approximate surface area is 114 Å². The van der Waals surface area contributed by atoms with Crippen molar-refractivity contribution in [1.29, 1.82) is 0 Å². The number of fused-ring (bicyclic) bond motifs is 1. The van der Waals surface area contributed by atoms with Gasteiger partial charge in [0, 0.05) is 17.7 Å². The van der Waals surface area contributed by atoms with E-state index in [9.17, 15) is 0 Å². The van der Waals surface area contributed by atoms with Crippen LogP contribution in [0.25, 0.3) is 10.8 Å². The summed E-state index contributed by atoms with van der Waals surface area (Å²) < 4.78 is 5.80. The van der Waals surface area contributed by atoms with Gasteiger partial charge in [-0.2, -0.15) is 0 Å². The van der Waals surface area contributed by atoms with Gasteiger partial charge < -0.3 is 4.52 Å². The van der Waals surface area contributed by atoms with E-state index in [0.717, 1.165) is 0 Å². The lowest BCUT2D eigenvalue weighted by Crippen LogP contribution is -2.13. The number of benzene rings is 3. The third kappa shape index (κ3) is 2.40. The van der Waals surface area contributed by atoms with E-state index < -0.39 is 8.15 Å². The van der Waals surface area contributed by atoms with E-state index in [0.29, 0.717) is 0 Å². The predicted octanol–water partition coefficient (Wildman–Crippen LogP) is 3.83. The molecule has 0 heterocycles. The molecular formula is C17H15OP. The molecule has 1 unspecified atom stereocenters. The van der Waals surface area contributed by atoms with Crippen molar-refractivity contribution in [2.45, 2.75) is 0 Å². The molecule has 1 atom stereocenters. The van der Waals surface area contributed by atoms with E-state index in [4.69, 9.17) is 4.52 Å². The van der Waals surface area contributed by atoms with Crippen molar-refractivity contribution in [2.24, 2.45) is 0 Å². The van der Waals surface area contributed by atoms with Crippen LogP contribution in [0.2, 0.25) is 0 Å². The number of hydrogen-bond donors (Lipinski definition) is 0. The molecule has 94 valence electrons. The van der Waals surface area contributed by atoms with Crippen LogP contribution >= 0.6 is 8.15 Å². The van der Waals surface area contributed by atoms with Crippen LogP contribution in [0, 0.1) is 0 Å². The first-order valence-electron chi connectivity index (χ1n) is 6.27. The normalized spacial score (nSPS) is 12.5. The molecule has 3 aromatic carbocycles. The van der Waals surface area contributed by atoms with Gasteiger partial charge in [0.05, 0.1) is 8.15 Å². The smallest absolute Gasteiger partial charge is 0.0919 e. The Morgan fingerprint density at radius 3 is 2.21 bits per heavy atom. The molecule has 0 bridgehead atoms. The van der Waals surface area contributed by atoms with Crippen molar-refractivity contribution in [3.63, 3.8) is 0 Å². The molecule has 0 saturated carbocycles. The second-order valence-corrected chi connectivity index (χ2v) is 6.26. The summed E-state index contributed by atoms with van der Waals surface area (Å²) in [6.45, 7) is 0. The van der Waals surface area contributed by atoms with Crippen molar-refractivity contribution in [2.75, 3.05) is 7.11 Å². The van der Waals surface area contributed by atoms with Gasteiger partial charge in [-0.05, 0) is 10.8 Å². The molecule has 3 aromatic rings. The van der Waals surface area contributed by atoms with Gasteiger partial charge in [0.1, 0.15) is 0 Å². The van der Waals surface area contributed by atoms with Gasteiger partial charge in [-0.15, -0.1) is 0 Å². The third-order valence-electron chi connectivity index (χ3n) is 3.16. The summed E-state index contributed by atoms with van der Waals surface area (Å²) in [7, 11) is 1.04. The predicted molar refractivity (Wildman–Crippen MR) is 83.6 cm³/mol. The molecule has 0 radical (unpaired) electrons. The van der Waals surface area contributed by atoms with Gasteiger partial charge in [0.2, 0.25) is 0 Å². The molecule has 0 spiro atoms. The first-order chi connectivity index (χ1) is 9.40. The third-order valence-corrected chi connectivity index (χ3v) is 5.12. The molecule has 0 aliphatic rings. The van der Waals surface area contributed by atoms with Crippen LogP contribution in [0.15, 0.2) is 72.8 Å². The molecule has 0 saturated heterocycles. The lowest BCUT2D eigenvalue weighted by Gasteiger charge is -2.17. The average molecular weight is 266 g/mol.